The number of unbranched alkanes of at least 4 members (excludes halogenated alkanes) is 1. The fourth-order valence-electron chi connectivity index (χ4n) is 1.99. The summed E-state index contributed by atoms with van der Waals surface area (Å²) in [6.07, 6.45) is 2.08. The predicted molar refractivity (Wildman–Crippen MR) is 84.9 cm³/mol. The van der Waals surface area contributed by atoms with E-state index < -0.39 is 0 Å². The van der Waals surface area contributed by atoms with E-state index in [-0.39, 0.29) is 5.91 Å². The number of carbonyl (C=O) groups is 1. The molecule has 4 nitrogen and oxygen atoms in total. The van der Waals surface area contributed by atoms with E-state index in [0.717, 1.165) is 24.9 Å². The lowest BCUT2D eigenvalue weighted by atomic mass is 10.1. The van der Waals surface area contributed by atoms with Gasteiger partial charge in [0.2, 0.25) is 0 Å². The summed E-state index contributed by atoms with van der Waals surface area (Å²) < 4.78 is 0. The van der Waals surface area contributed by atoms with E-state index in [1.807, 2.05) is 19.1 Å². The van der Waals surface area contributed by atoms with Crippen LogP contribution in [-0.2, 0) is 0 Å². The van der Waals surface area contributed by atoms with Gasteiger partial charge in [-0.25, -0.2) is 0 Å². The van der Waals surface area contributed by atoms with Crippen LogP contribution < -0.4 is 11.1 Å². The number of nitrogens with two attached hydrogens (primary N) is 1. The molecule has 20 heavy (non-hydrogen) atoms. The average Bonchev–Trinajstić information content (AvgIpc) is 2.36. The van der Waals surface area contributed by atoms with Crippen molar-refractivity contribution in [1.29, 1.82) is 0 Å². The molecule has 0 aliphatic carbocycles. The standard InChI is InChI=1S/C16H27N3O/c1-12(2)19(4)8-6-5-7-18-16(20)14-9-13(3)10-15(17)11-14/h9-12H,5-8,17H2,1-4H3,(H,18,20). The fraction of sp³-hybridized carbons (Fsp3) is 0.562. The molecule has 0 spiro atoms. The number of aryl methyl sites for hydroxylation is 1. The van der Waals surface area contributed by atoms with Crippen LogP contribution in [0.2, 0.25) is 0 Å². The van der Waals surface area contributed by atoms with Crippen molar-refractivity contribution in [3.63, 3.8) is 0 Å². The van der Waals surface area contributed by atoms with Crippen molar-refractivity contribution in [2.75, 3.05) is 25.9 Å². The zero-order valence-corrected chi connectivity index (χ0v) is 13.1. The molecular formula is C16H27N3O. The average molecular weight is 277 g/mol. The lowest BCUT2D eigenvalue weighted by molar-refractivity contribution is 0.0952. The molecule has 0 unspecified atom stereocenters. The Labute approximate surface area is 122 Å². The first kappa shape index (κ1) is 16.5. The Bertz CT molecular complexity index is 423. The van der Waals surface area contributed by atoms with Gasteiger partial charge in [-0.15, -0.1) is 0 Å². The summed E-state index contributed by atoms with van der Waals surface area (Å²) in [6.45, 7) is 8.08. The van der Waals surface area contributed by atoms with Gasteiger partial charge in [-0.3, -0.25) is 4.79 Å². The zero-order valence-electron chi connectivity index (χ0n) is 13.1. The van der Waals surface area contributed by atoms with Crippen LogP contribution in [0.3, 0.4) is 0 Å². The van der Waals surface area contributed by atoms with E-state index in [1.165, 1.54) is 0 Å². The van der Waals surface area contributed by atoms with Crippen LogP contribution in [0.1, 0.15) is 42.6 Å². The molecule has 0 saturated carbocycles. The molecule has 0 aromatic heterocycles. The van der Waals surface area contributed by atoms with Crippen molar-refractivity contribution in [2.45, 2.75) is 39.7 Å². The molecule has 4 heteroatoms. The van der Waals surface area contributed by atoms with E-state index in [4.69, 9.17) is 5.73 Å². The Hall–Kier alpha value is -1.55. The van der Waals surface area contributed by atoms with Crippen LogP contribution in [0, 0.1) is 6.92 Å². The number of rotatable bonds is 7. The van der Waals surface area contributed by atoms with Gasteiger partial charge in [0.05, 0.1) is 0 Å². The van der Waals surface area contributed by atoms with Crippen LogP contribution in [-0.4, -0.2) is 37.0 Å². The molecule has 0 fully saturated rings. The number of benzene rings is 1. The van der Waals surface area contributed by atoms with Gasteiger partial charge in [-0.05, 0) is 71.0 Å². The Balaban J connectivity index is 2.30. The number of anilines is 1. The quantitative estimate of drug-likeness (QED) is 0.594. The summed E-state index contributed by atoms with van der Waals surface area (Å²) in [5, 5.41) is 2.94. The van der Waals surface area contributed by atoms with Crippen molar-refractivity contribution in [1.82, 2.24) is 10.2 Å². The fourth-order valence-corrected chi connectivity index (χ4v) is 1.99. The van der Waals surface area contributed by atoms with Crippen LogP contribution in [0.15, 0.2) is 18.2 Å². The largest absolute Gasteiger partial charge is 0.399 e. The molecule has 1 aromatic carbocycles. The molecular weight excluding hydrogens is 250 g/mol. The predicted octanol–water partition coefficient (Wildman–Crippen LogP) is 2.43. The van der Waals surface area contributed by atoms with Crippen LogP contribution in [0.25, 0.3) is 0 Å². The van der Waals surface area contributed by atoms with Gasteiger partial charge in [-0.2, -0.15) is 0 Å². The van der Waals surface area contributed by atoms with Gasteiger partial charge in [-0.1, -0.05) is 0 Å². The highest BCUT2D eigenvalue weighted by atomic mass is 16.1. The second kappa shape index (κ2) is 7.90. The minimum atomic E-state index is -0.0439. The van der Waals surface area contributed by atoms with Crippen LogP contribution in [0.5, 0.6) is 0 Å². The highest BCUT2D eigenvalue weighted by molar-refractivity contribution is 5.95. The number of nitrogens with zero attached hydrogens (tertiary/aromatic N) is 1. The summed E-state index contributed by atoms with van der Waals surface area (Å²) >= 11 is 0. The number of amides is 1. The summed E-state index contributed by atoms with van der Waals surface area (Å²) in [5.41, 5.74) is 8.03. The van der Waals surface area contributed by atoms with Gasteiger partial charge in [0.1, 0.15) is 0 Å². The molecule has 0 radical (unpaired) electrons. The Kier molecular flexibility index (Phi) is 6.52. The third-order valence-electron chi connectivity index (χ3n) is 3.47. The summed E-state index contributed by atoms with van der Waals surface area (Å²) in [5.74, 6) is -0.0439. The Morgan fingerprint density at radius 3 is 2.60 bits per heavy atom. The molecule has 0 heterocycles. The second-order valence-corrected chi connectivity index (χ2v) is 5.67. The number of carbonyl (C=O) groups excluding carboxylic acids is 1. The zero-order chi connectivity index (χ0) is 15.1. The number of hydrogen-bond acceptors (Lipinski definition) is 3. The maximum absolute atomic E-state index is 12.0. The number of hydrogen-bond donors (Lipinski definition) is 2. The van der Waals surface area contributed by atoms with Gasteiger partial charge < -0.3 is 16.0 Å². The molecule has 0 atom stereocenters. The van der Waals surface area contributed by atoms with Crippen LogP contribution >= 0.6 is 0 Å². The van der Waals surface area contributed by atoms with Crippen molar-refractivity contribution in [3.8, 4) is 0 Å². The van der Waals surface area contributed by atoms with Crippen LogP contribution in [0.4, 0.5) is 5.69 Å². The molecule has 1 aromatic rings. The third-order valence-corrected chi connectivity index (χ3v) is 3.47. The highest BCUT2D eigenvalue weighted by Crippen LogP contribution is 2.11. The van der Waals surface area contributed by atoms with E-state index in [2.05, 4.69) is 31.1 Å². The molecule has 1 rings (SSSR count). The number of nitrogens with one attached hydrogen (secondary N) is 1. The normalized spacial score (nSPS) is 11.1. The first-order chi connectivity index (χ1) is 9.40. The maximum Gasteiger partial charge on any atom is 0.251 e. The highest BCUT2D eigenvalue weighted by Gasteiger charge is 2.06. The SMILES string of the molecule is Cc1cc(N)cc(C(=O)NCCCCN(C)C(C)C)c1. The molecule has 1 amide bonds. The topological polar surface area (TPSA) is 58.4 Å². The van der Waals surface area contributed by atoms with E-state index >= 15 is 0 Å². The van der Waals surface area contributed by atoms with Crippen molar-refractivity contribution >= 4 is 11.6 Å². The molecule has 0 aliphatic heterocycles. The molecule has 0 saturated heterocycles. The monoisotopic (exact) mass is 277 g/mol. The lowest BCUT2D eigenvalue weighted by Crippen LogP contribution is -2.29. The van der Waals surface area contributed by atoms with Gasteiger partial charge in [0.15, 0.2) is 0 Å². The smallest absolute Gasteiger partial charge is 0.251 e. The summed E-state index contributed by atoms with van der Waals surface area (Å²) in [7, 11) is 2.12. The van der Waals surface area contributed by atoms with Crippen molar-refractivity contribution in [3.05, 3.63) is 29.3 Å². The lowest BCUT2D eigenvalue weighted by Gasteiger charge is -2.20. The van der Waals surface area contributed by atoms with Gasteiger partial charge >= 0.3 is 0 Å². The second-order valence-electron chi connectivity index (χ2n) is 5.67. The summed E-state index contributed by atoms with van der Waals surface area (Å²) in [4.78, 5) is 14.3. The van der Waals surface area contributed by atoms with Gasteiger partial charge in [0.25, 0.3) is 5.91 Å². The minimum absolute atomic E-state index is 0.0439. The first-order valence-corrected chi connectivity index (χ1v) is 7.25. The minimum Gasteiger partial charge on any atom is -0.399 e. The molecule has 3 N–H and O–H groups in total. The Morgan fingerprint density at radius 1 is 1.30 bits per heavy atom. The maximum atomic E-state index is 12.0. The number of nitrogen functional groups attached to an aromatic ring is 1. The van der Waals surface area contributed by atoms with E-state index in [9.17, 15) is 4.79 Å². The molecule has 112 valence electrons. The summed E-state index contributed by atoms with van der Waals surface area (Å²) in [6, 6.07) is 6.01. The van der Waals surface area contributed by atoms with Crippen molar-refractivity contribution < 1.29 is 4.79 Å². The molecule has 0 bridgehead atoms. The van der Waals surface area contributed by atoms with Gasteiger partial charge in [0, 0.05) is 23.8 Å². The Morgan fingerprint density at radius 2 is 2.00 bits per heavy atom. The molecule has 0 aliphatic rings. The van der Waals surface area contributed by atoms with Crippen molar-refractivity contribution in [2.24, 2.45) is 0 Å². The van der Waals surface area contributed by atoms with E-state index in [1.54, 1.807) is 6.07 Å². The third kappa shape index (κ3) is 5.61. The van der Waals surface area contributed by atoms with E-state index in [0.29, 0.717) is 23.8 Å². The first-order valence-electron chi connectivity index (χ1n) is 7.25.